The van der Waals surface area contributed by atoms with Gasteiger partial charge in [0.05, 0.1) is 36.0 Å². The molecule has 8 nitrogen and oxygen atoms in total. The van der Waals surface area contributed by atoms with Gasteiger partial charge in [0.15, 0.2) is 11.6 Å². The highest BCUT2D eigenvalue weighted by Crippen LogP contribution is 2.56. The summed E-state index contributed by atoms with van der Waals surface area (Å²) in [4.78, 5) is 26.2. The topological polar surface area (TPSA) is 107 Å². The molecule has 2 saturated carbocycles. The molecule has 2 atom stereocenters. The maximum absolute atomic E-state index is 13.7. The summed E-state index contributed by atoms with van der Waals surface area (Å²) in [6.07, 6.45) is 8.90. The first-order chi connectivity index (χ1) is 15.6. The van der Waals surface area contributed by atoms with Crippen molar-refractivity contribution in [3.63, 3.8) is 0 Å². The summed E-state index contributed by atoms with van der Waals surface area (Å²) in [5, 5.41) is 13.9. The minimum atomic E-state index is -0.822. The number of rotatable bonds is 3. The van der Waals surface area contributed by atoms with Crippen LogP contribution in [0.2, 0.25) is 5.28 Å². The highest BCUT2D eigenvalue weighted by molar-refractivity contribution is 6.28. The largest absolute Gasteiger partial charge is 0.411 e. The van der Waals surface area contributed by atoms with Crippen LogP contribution in [0.5, 0.6) is 0 Å². The molecule has 1 unspecified atom stereocenters. The smallest absolute Gasteiger partial charge is 0.223 e. The van der Waals surface area contributed by atoms with Crippen molar-refractivity contribution in [2.45, 2.75) is 50.7 Å². The zero-order valence-electron chi connectivity index (χ0n) is 17.7. The second-order valence-electron chi connectivity index (χ2n) is 8.68. The first kappa shape index (κ1) is 21.4. The van der Waals surface area contributed by atoms with Crippen LogP contribution in [0, 0.1) is 11.3 Å². The molecule has 2 aromatic rings. The van der Waals surface area contributed by atoms with Gasteiger partial charge in [0.1, 0.15) is 5.69 Å². The van der Waals surface area contributed by atoms with Crippen molar-refractivity contribution < 1.29 is 19.5 Å². The maximum Gasteiger partial charge on any atom is 0.223 e. The highest BCUT2D eigenvalue weighted by Gasteiger charge is 2.62. The van der Waals surface area contributed by atoms with Gasteiger partial charge in [-0.1, -0.05) is 18.0 Å². The van der Waals surface area contributed by atoms with Gasteiger partial charge in [0.25, 0.3) is 0 Å². The number of Topliss-reactive ketones (excluding diaryl/α,β-unsaturated/α-hetero) is 1. The molecule has 0 bridgehead atoms. The second-order valence-corrected chi connectivity index (χ2v) is 9.01. The number of ketones is 1. The lowest BCUT2D eigenvalue weighted by molar-refractivity contribution is -0.238. The van der Waals surface area contributed by atoms with Gasteiger partial charge in [-0.3, -0.25) is 9.78 Å². The van der Waals surface area contributed by atoms with Gasteiger partial charge in [-0.25, -0.2) is 9.97 Å². The van der Waals surface area contributed by atoms with E-state index < -0.39 is 17.1 Å². The Kier molecular flexibility index (Phi) is 5.69. The third-order valence-corrected chi connectivity index (χ3v) is 7.28. The molecule has 168 valence electrons. The van der Waals surface area contributed by atoms with Gasteiger partial charge in [-0.2, -0.15) is 0 Å². The number of fused-ring (bicyclic) bond motifs is 1. The van der Waals surface area contributed by atoms with E-state index in [9.17, 15) is 10.0 Å². The van der Waals surface area contributed by atoms with Crippen LogP contribution in [-0.4, -0.2) is 50.7 Å². The average Bonchev–Trinajstić information content (AvgIpc) is 3.30. The standard InChI is InChI=1S/C23H25ClN4O4/c24-21-26-17(15-5-10-25-11-6-15)14-18(27-21)19(29)16-4-3-8-22(20(16)28-30)7-1-2-9-23(22)31-12-13-32-23/h5-6,10-11,14,16,30H,1-4,7-9,12-13H2/b28-20-/t16?,22-/m0/s1. The lowest BCUT2D eigenvalue weighted by atomic mass is 9.57. The highest BCUT2D eigenvalue weighted by atomic mass is 35.5. The fourth-order valence-corrected chi connectivity index (χ4v) is 5.93. The third-order valence-electron chi connectivity index (χ3n) is 7.11. The lowest BCUT2D eigenvalue weighted by Gasteiger charge is -2.53. The molecule has 1 N–H and O–H groups in total. The van der Waals surface area contributed by atoms with Gasteiger partial charge in [-0.05, 0) is 55.5 Å². The van der Waals surface area contributed by atoms with Crippen LogP contribution in [0.3, 0.4) is 0 Å². The Morgan fingerprint density at radius 1 is 1.09 bits per heavy atom. The van der Waals surface area contributed by atoms with Crippen LogP contribution in [-0.2, 0) is 9.47 Å². The van der Waals surface area contributed by atoms with E-state index in [4.69, 9.17) is 21.1 Å². The summed E-state index contributed by atoms with van der Waals surface area (Å²) in [6, 6.07) is 5.23. The molecule has 0 radical (unpaired) electrons. The summed E-state index contributed by atoms with van der Waals surface area (Å²) in [7, 11) is 0. The van der Waals surface area contributed by atoms with Crippen molar-refractivity contribution in [3.05, 3.63) is 41.6 Å². The summed E-state index contributed by atoms with van der Waals surface area (Å²) >= 11 is 6.18. The van der Waals surface area contributed by atoms with Gasteiger partial charge in [0, 0.05) is 24.4 Å². The van der Waals surface area contributed by atoms with Crippen LogP contribution in [0.4, 0.5) is 0 Å². The SMILES string of the molecule is O=C(c1cc(-c2ccncc2)nc(Cl)n1)C1CCC[C@@]2(CCCCC23OCCO3)/C1=N\O. The second kappa shape index (κ2) is 8.50. The molecule has 3 fully saturated rings. The first-order valence-corrected chi connectivity index (χ1v) is 11.5. The summed E-state index contributed by atoms with van der Waals surface area (Å²) < 4.78 is 12.3. The number of carbonyl (C=O) groups excluding carboxylic acids is 1. The van der Waals surface area contributed by atoms with Crippen LogP contribution in [0.15, 0.2) is 35.7 Å². The molecule has 3 heterocycles. The lowest BCUT2D eigenvalue weighted by Crippen LogP contribution is -2.60. The van der Waals surface area contributed by atoms with Crippen LogP contribution in [0.25, 0.3) is 11.3 Å². The van der Waals surface area contributed by atoms with Crippen molar-refractivity contribution in [1.29, 1.82) is 0 Å². The van der Waals surface area contributed by atoms with Crippen molar-refractivity contribution in [2.24, 2.45) is 16.5 Å². The van der Waals surface area contributed by atoms with Crippen molar-refractivity contribution >= 4 is 23.1 Å². The number of nitrogens with zero attached hydrogens (tertiary/aromatic N) is 4. The molecule has 0 amide bonds. The van der Waals surface area contributed by atoms with Crippen LogP contribution < -0.4 is 0 Å². The Balaban J connectivity index is 1.52. The van der Waals surface area contributed by atoms with Crippen molar-refractivity contribution in [1.82, 2.24) is 15.0 Å². The first-order valence-electron chi connectivity index (χ1n) is 11.1. The number of pyridine rings is 1. The van der Waals surface area contributed by atoms with E-state index >= 15 is 0 Å². The number of ether oxygens (including phenoxy) is 2. The van der Waals surface area contributed by atoms with E-state index in [0.717, 1.165) is 44.1 Å². The van der Waals surface area contributed by atoms with E-state index in [0.29, 0.717) is 31.0 Å². The Morgan fingerprint density at radius 2 is 1.81 bits per heavy atom. The molecular weight excluding hydrogens is 432 g/mol. The monoisotopic (exact) mass is 456 g/mol. The predicted octanol–water partition coefficient (Wildman–Crippen LogP) is 4.31. The molecule has 5 rings (SSSR count). The number of carbonyl (C=O) groups is 1. The van der Waals surface area contributed by atoms with Crippen LogP contribution >= 0.6 is 11.6 Å². The molecule has 2 spiro atoms. The minimum Gasteiger partial charge on any atom is -0.411 e. The summed E-state index contributed by atoms with van der Waals surface area (Å²) in [6.45, 7) is 1.02. The summed E-state index contributed by atoms with van der Waals surface area (Å²) in [5.41, 5.74) is 1.38. The van der Waals surface area contributed by atoms with Crippen LogP contribution in [0.1, 0.15) is 55.4 Å². The zero-order valence-corrected chi connectivity index (χ0v) is 18.4. The van der Waals surface area contributed by atoms with Crippen molar-refractivity contribution in [3.8, 4) is 11.3 Å². The third kappa shape index (κ3) is 3.41. The predicted molar refractivity (Wildman–Crippen MR) is 117 cm³/mol. The van der Waals surface area contributed by atoms with E-state index in [1.807, 2.05) is 0 Å². The number of halogens is 1. The molecule has 32 heavy (non-hydrogen) atoms. The average molecular weight is 457 g/mol. The number of oxime groups is 1. The Morgan fingerprint density at radius 3 is 2.56 bits per heavy atom. The molecule has 1 saturated heterocycles. The molecule has 1 aliphatic heterocycles. The molecule has 2 aromatic heterocycles. The summed E-state index contributed by atoms with van der Waals surface area (Å²) in [5.74, 6) is -1.67. The van der Waals surface area contributed by atoms with Gasteiger partial charge in [0.2, 0.25) is 5.28 Å². The fraction of sp³-hybridized carbons (Fsp3) is 0.522. The van der Waals surface area contributed by atoms with E-state index in [2.05, 4.69) is 20.1 Å². The number of hydrogen-bond acceptors (Lipinski definition) is 8. The molecule has 2 aliphatic carbocycles. The van der Waals surface area contributed by atoms with Crippen molar-refractivity contribution in [2.75, 3.05) is 13.2 Å². The molecular formula is C23H25ClN4O4. The number of aromatic nitrogens is 3. The number of hydrogen-bond donors (Lipinski definition) is 1. The molecule has 3 aliphatic rings. The molecule has 9 heteroatoms. The van der Waals surface area contributed by atoms with E-state index in [-0.39, 0.29) is 16.8 Å². The Bertz CT molecular complexity index is 1040. The maximum atomic E-state index is 13.7. The Hall–Kier alpha value is -2.42. The van der Waals surface area contributed by atoms with Gasteiger partial charge in [-0.15, -0.1) is 0 Å². The molecule has 0 aromatic carbocycles. The fourth-order valence-electron chi connectivity index (χ4n) is 5.75. The van der Waals surface area contributed by atoms with Gasteiger partial charge >= 0.3 is 0 Å². The Labute approximate surface area is 191 Å². The normalized spacial score (nSPS) is 28.4. The quantitative estimate of drug-likeness (QED) is 0.317. The van der Waals surface area contributed by atoms with E-state index in [1.54, 1.807) is 30.6 Å². The van der Waals surface area contributed by atoms with E-state index in [1.165, 1.54) is 0 Å². The minimum absolute atomic E-state index is 0.00716. The zero-order chi connectivity index (χ0) is 22.2. The van der Waals surface area contributed by atoms with Gasteiger partial charge < -0.3 is 14.7 Å².